The molecule has 3 heteroatoms. The molecule has 1 aromatic carbocycles. The number of quaternary nitrogens is 1. The maximum absolute atomic E-state index is 11.2. The molecule has 0 aliphatic carbocycles. The molecule has 1 aliphatic heterocycles. The summed E-state index contributed by atoms with van der Waals surface area (Å²) in [6, 6.07) is 9.91. The van der Waals surface area contributed by atoms with Crippen molar-refractivity contribution in [2.75, 3.05) is 13.6 Å². The molecule has 0 radical (unpaired) electrons. The van der Waals surface area contributed by atoms with Crippen LogP contribution in [0.1, 0.15) is 18.4 Å². The number of rotatable bonds is 3. The van der Waals surface area contributed by atoms with Gasteiger partial charge in [-0.3, -0.25) is 0 Å². The van der Waals surface area contributed by atoms with E-state index >= 15 is 0 Å². The maximum Gasteiger partial charge on any atom is 0.362 e. The van der Waals surface area contributed by atoms with Gasteiger partial charge in [0.15, 0.2) is 6.04 Å². The second-order valence-corrected chi connectivity index (χ2v) is 4.84. The first kappa shape index (κ1) is 11.1. The summed E-state index contributed by atoms with van der Waals surface area (Å²) in [6.45, 7) is 1.78. The number of nitrogens with zero attached hydrogens (tertiary/aromatic N) is 1. The van der Waals surface area contributed by atoms with E-state index in [1.807, 2.05) is 18.2 Å². The van der Waals surface area contributed by atoms with E-state index in [4.69, 9.17) is 0 Å². The maximum atomic E-state index is 11.2. The highest BCUT2D eigenvalue weighted by atomic mass is 16.4. The minimum atomic E-state index is -0.657. The Labute approximate surface area is 95.9 Å². The van der Waals surface area contributed by atoms with Gasteiger partial charge < -0.3 is 9.59 Å². The van der Waals surface area contributed by atoms with Gasteiger partial charge in [0.2, 0.25) is 0 Å². The van der Waals surface area contributed by atoms with Crippen LogP contribution < -0.4 is 0 Å². The predicted molar refractivity (Wildman–Crippen MR) is 61.9 cm³/mol. The zero-order valence-corrected chi connectivity index (χ0v) is 9.60. The van der Waals surface area contributed by atoms with Gasteiger partial charge in [-0.05, 0) is 0 Å². The Bertz CT molecular complexity index is 377. The van der Waals surface area contributed by atoms with Crippen molar-refractivity contribution in [2.24, 2.45) is 0 Å². The standard InChI is InChI=1S/C13H17NO2/c1-14(9-5-8-12(14)13(15)16)10-11-6-3-2-4-7-11/h2-4,6-7,12H,5,8-10H2,1H3/p+1/t12?,14-/m0/s1. The molecular weight excluding hydrogens is 202 g/mol. The third-order valence-electron chi connectivity index (χ3n) is 3.57. The summed E-state index contributed by atoms with van der Waals surface area (Å²) in [6.07, 6.45) is 1.82. The van der Waals surface area contributed by atoms with Crippen LogP contribution in [0.25, 0.3) is 0 Å². The SMILES string of the molecule is C[N@@+]1(Cc2ccccc2)CCCC1C(=O)O. The van der Waals surface area contributed by atoms with Crippen LogP contribution in [0.5, 0.6) is 0 Å². The lowest BCUT2D eigenvalue weighted by atomic mass is 10.1. The number of hydrogen-bond donors (Lipinski definition) is 1. The Morgan fingerprint density at radius 1 is 1.44 bits per heavy atom. The third kappa shape index (κ3) is 2.09. The average molecular weight is 220 g/mol. The monoisotopic (exact) mass is 220 g/mol. The van der Waals surface area contributed by atoms with Crippen LogP contribution in [-0.4, -0.2) is 35.2 Å². The topological polar surface area (TPSA) is 37.3 Å². The number of aliphatic carboxylic acids is 1. The second-order valence-electron chi connectivity index (χ2n) is 4.84. The molecule has 1 heterocycles. The molecule has 0 bridgehead atoms. The van der Waals surface area contributed by atoms with Gasteiger partial charge in [0.1, 0.15) is 6.54 Å². The van der Waals surface area contributed by atoms with E-state index in [0.29, 0.717) is 4.48 Å². The van der Waals surface area contributed by atoms with Crippen LogP contribution in [0, 0.1) is 0 Å². The van der Waals surface area contributed by atoms with E-state index in [1.165, 1.54) is 5.56 Å². The summed E-state index contributed by atoms with van der Waals surface area (Å²) in [5.41, 5.74) is 1.22. The van der Waals surface area contributed by atoms with Crippen LogP contribution in [-0.2, 0) is 11.3 Å². The van der Waals surface area contributed by atoms with Gasteiger partial charge >= 0.3 is 5.97 Å². The highest BCUT2D eigenvalue weighted by Crippen LogP contribution is 2.27. The van der Waals surface area contributed by atoms with Gasteiger partial charge in [-0.15, -0.1) is 0 Å². The van der Waals surface area contributed by atoms with Crippen molar-refractivity contribution in [3.05, 3.63) is 35.9 Å². The molecule has 1 aromatic rings. The fourth-order valence-corrected chi connectivity index (χ4v) is 2.69. The van der Waals surface area contributed by atoms with Crippen LogP contribution >= 0.6 is 0 Å². The number of likely N-dealkylation sites (N-methyl/N-ethyl adjacent to an activating group) is 1. The Balaban J connectivity index is 2.16. The van der Waals surface area contributed by atoms with Crippen molar-refractivity contribution in [3.8, 4) is 0 Å². The van der Waals surface area contributed by atoms with Gasteiger partial charge in [0.25, 0.3) is 0 Å². The lowest BCUT2D eigenvalue weighted by molar-refractivity contribution is -0.926. The van der Waals surface area contributed by atoms with E-state index in [0.717, 1.165) is 25.9 Å². The largest absolute Gasteiger partial charge is 0.477 e. The van der Waals surface area contributed by atoms with E-state index in [2.05, 4.69) is 19.2 Å². The minimum absolute atomic E-state index is 0.236. The number of carbonyl (C=O) groups is 1. The van der Waals surface area contributed by atoms with Gasteiger partial charge in [-0.25, -0.2) is 4.79 Å². The third-order valence-corrected chi connectivity index (χ3v) is 3.57. The fourth-order valence-electron chi connectivity index (χ4n) is 2.69. The van der Waals surface area contributed by atoms with Crippen molar-refractivity contribution >= 4 is 5.97 Å². The minimum Gasteiger partial charge on any atom is -0.477 e. The first-order chi connectivity index (χ1) is 7.62. The lowest BCUT2D eigenvalue weighted by Gasteiger charge is -2.33. The highest BCUT2D eigenvalue weighted by molar-refractivity contribution is 5.72. The normalized spacial score (nSPS) is 29.2. The van der Waals surface area contributed by atoms with Gasteiger partial charge in [0, 0.05) is 18.4 Å². The summed E-state index contributed by atoms with van der Waals surface area (Å²) in [7, 11) is 2.05. The molecule has 3 nitrogen and oxygen atoms in total. The molecule has 86 valence electrons. The summed E-state index contributed by atoms with van der Waals surface area (Å²) in [4.78, 5) is 11.2. The van der Waals surface area contributed by atoms with Crippen molar-refractivity contribution in [1.82, 2.24) is 0 Å². The molecule has 1 saturated heterocycles. The molecule has 1 fully saturated rings. The number of likely N-dealkylation sites (tertiary alicyclic amines) is 1. The lowest BCUT2D eigenvalue weighted by Crippen LogP contribution is -2.50. The molecule has 0 saturated carbocycles. The predicted octanol–water partition coefficient (Wildman–Crippen LogP) is 1.88. The summed E-state index contributed by atoms with van der Waals surface area (Å²) >= 11 is 0. The van der Waals surface area contributed by atoms with Gasteiger partial charge in [-0.1, -0.05) is 30.3 Å². The summed E-state index contributed by atoms with van der Waals surface area (Å²) in [5.74, 6) is -0.657. The van der Waals surface area contributed by atoms with Crippen LogP contribution in [0.15, 0.2) is 30.3 Å². The van der Waals surface area contributed by atoms with Crippen molar-refractivity contribution < 1.29 is 14.4 Å². The summed E-state index contributed by atoms with van der Waals surface area (Å²) in [5, 5.41) is 9.21. The van der Waals surface area contributed by atoms with Gasteiger partial charge in [0.05, 0.1) is 13.6 Å². The van der Waals surface area contributed by atoms with Crippen molar-refractivity contribution in [1.29, 1.82) is 0 Å². The molecule has 16 heavy (non-hydrogen) atoms. The van der Waals surface area contributed by atoms with E-state index in [-0.39, 0.29) is 6.04 Å². The van der Waals surface area contributed by atoms with Gasteiger partial charge in [-0.2, -0.15) is 0 Å². The fraction of sp³-hybridized carbons (Fsp3) is 0.462. The molecule has 0 spiro atoms. The molecule has 2 atom stereocenters. The Morgan fingerprint density at radius 2 is 2.12 bits per heavy atom. The zero-order valence-electron chi connectivity index (χ0n) is 9.60. The second kappa shape index (κ2) is 4.26. The summed E-state index contributed by atoms with van der Waals surface area (Å²) < 4.78 is 0.638. The molecule has 1 N–H and O–H groups in total. The van der Waals surface area contributed by atoms with Crippen LogP contribution in [0.2, 0.25) is 0 Å². The highest BCUT2D eigenvalue weighted by Gasteiger charge is 2.42. The van der Waals surface area contributed by atoms with Crippen molar-refractivity contribution in [3.63, 3.8) is 0 Å². The quantitative estimate of drug-likeness (QED) is 0.790. The molecule has 2 rings (SSSR count). The zero-order chi connectivity index (χ0) is 11.6. The molecule has 1 aliphatic rings. The first-order valence-corrected chi connectivity index (χ1v) is 5.73. The Hall–Kier alpha value is -1.35. The first-order valence-electron chi connectivity index (χ1n) is 5.73. The smallest absolute Gasteiger partial charge is 0.362 e. The van der Waals surface area contributed by atoms with Crippen LogP contribution in [0.4, 0.5) is 0 Å². The van der Waals surface area contributed by atoms with Crippen molar-refractivity contribution in [2.45, 2.75) is 25.4 Å². The van der Waals surface area contributed by atoms with E-state index < -0.39 is 5.97 Å². The van der Waals surface area contributed by atoms with E-state index in [1.54, 1.807) is 0 Å². The number of benzene rings is 1. The molecule has 1 unspecified atom stereocenters. The van der Waals surface area contributed by atoms with E-state index in [9.17, 15) is 9.90 Å². The molecule has 0 aromatic heterocycles. The number of hydrogen-bond acceptors (Lipinski definition) is 1. The molecule has 0 amide bonds. The average Bonchev–Trinajstić information content (AvgIpc) is 2.61. The molecular formula is C13H18NO2+. The number of carboxylic acid groups (broad SMARTS) is 1. The van der Waals surface area contributed by atoms with Crippen LogP contribution in [0.3, 0.4) is 0 Å². The Kier molecular flexibility index (Phi) is 2.97. The Morgan fingerprint density at radius 3 is 2.75 bits per heavy atom. The number of carboxylic acids is 1.